The minimum atomic E-state index is -4.99. The monoisotopic (exact) mass is 1480 g/mol. The number of ether oxygens (including phenoxy) is 4. The Balaban J connectivity index is 5.39. The number of hydrogen-bond acceptors (Lipinski definition) is 15. The summed E-state index contributed by atoms with van der Waals surface area (Å²) in [5.74, 6) is -2.22. The maximum atomic E-state index is 13.1. The van der Waals surface area contributed by atoms with Gasteiger partial charge in [0.1, 0.15) is 19.3 Å². The molecule has 17 nitrogen and oxygen atoms in total. The van der Waals surface area contributed by atoms with Crippen LogP contribution in [0.1, 0.15) is 374 Å². The second-order valence-corrected chi connectivity index (χ2v) is 30.6. The molecule has 0 saturated heterocycles. The highest BCUT2D eigenvalue weighted by Crippen LogP contribution is 2.45. The van der Waals surface area contributed by atoms with E-state index in [0.717, 1.165) is 128 Å². The molecule has 594 valence electrons. The molecular formula is C83H150O17P2. The Bertz CT molecular complexity index is 2210. The van der Waals surface area contributed by atoms with Crippen molar-refractivity contribution in [2.24, 2.45) is 0 Å². The number of carbonyl (C=O) groups is 4. The third-order valence-electron chi connectivity index (χ3n) is 17.6. The number of rotatable bonds is 78. The van der Waals surface area contributed by atoms with Crippen LogP contribution in [0, 0.1) is 0 Å². The number of unbranched alkanes of at least 4 members (excludes halogenated alkanes) is 40. The molecule has 0 aromatic carbocycles. The summed E-state index contributed by atoms with van der Waals surface area (Å²) in [5.41, 5.74) is 0. The van der Waals surface area contributed by atoms with E-state index in [0.29, 0.717) is 32.1 Å². The van der Waals surface area contributed by atoms with Crippen LogP contribution < -0.4 is 0 Å². The predicted molar refractivity (Wildman–Crippen MR) is 418 cm³/mol. The van der Waals surface area contributed by atoms with Gasteiger partial charge in [-0.15, -0.1) is 0 Å². The molecule has 2 unspecified atom stereocenters. The maximum absolute atomic E-state index is 13.1. The van der Waals surface area contributed by atoms with Crippen LogP contribution in [0.5, 0.6) is 0 Å². The molecule has 3 N–H and O–H groups in total. The molecule has 0 aliphatic rings. The second-order valence-electron chi connectivity index (χ2n) is 27.7. The van der Waals surface area contributed by atoms with Crippen LogP contribution in [0.15, 0.2) is 72.9 Å². The van der Waals surface area contributed by atoms with Crippen molar-refractivity contribution in [3.05, 3.63) is 72.9 Å². The van der Waals surface area contributed by atoms with Crippen molar-refractivity contribution in [3.63, 3.8) is 0 Å². The summed E-state index contributed by atoms with van der Waals surface area (Å²) in [6.45, 7) is 4.83. The molecule has 0 bridgehead atoms. The van der Waals surface area contributed by atoms with Crippen LogP contribution in [0.2, 0.25) is 0 Å². The smallest absolute Gasteiger partial charge is 0.462 e. The topological polar surface area (TPSA) is 237 Å². The van der Waals surface area contributed by atoms with Gasteiger partial charge in [-0.1, -0.05) is 306 Å². The molecule has 0 spiro atoms. The van der Waals surface area contributed by atoms with Gasteiger partial charge in [0.2, 0.25) is 0 Å². The standard InChI is InChI=1S/C83H150O17P2/c1-5-9-13-17-21-25-29-33-37-38-42-46-50-54-58-62-66-70-83(88)100-79(74-94-81(86)68-64-60-56-52-48-44-40-35-31-27-23-19-15-11-7-3)76-98-102(91,92)96-72-77(84)71-95-101(89,90)97-75-78(99-82(87)69-65-61-57-53-49-45-41-36-32-28-24-20-16-12-8-4)73-93-80(85)67-63-59-55-51-47-43-39-34-30-26-22-18-14-10-6-2/h21,25,27,31,33-34,37,39,42,46,54,58,77-79,84H,5-20,22-24,26,28-30,32,35-36,38,40-41,43-45,47-53,55-57,59-76H2,1-4H3,(H,89,90)(H,91,92)/b25-21-,31-27-,37-33-,39-34-,46-42-,58-54-/t77-,78-,79-/m1/s1. The molecule has 0 aromatic rings. The molecular weight excluding hydrogens is 1330 g/mol. The number of esters is 4. The summed E-state index contributed by atoms with van der Waals surface area (Å²) >= 11 is 0. The van der Waals surface area contributed by atoms with Gasteiger partial charge in [-0.2, -0.15) is 0 Å². The number of carbonyl (C=O) groups excluding carboxylic acids is 4. The zero-order chi connectivity index (χ0) is 74.6. The number of phosphoric acid groups is 2. The van der Waals surface area contributed by atoms with Gasteiger partial charge in [-0.25, -0.2) is 9.13 Å². The summed E-state index contributed by atoms with van der Waals surface area (Å²) < 4.78 is 68.6. The van der Waals surface area contributed by atoms with Gasteiger partial charge in [0.25, 0.3) is 0 Å². The van der Waals surface area contributed by atoms with Crippen molar-refractivity contribution in [2.45, 2.75) is 393 Å². The van der Waals surface area contributed by atoms with E-state index in [9.17, 15) is 43.2 Å². The minimum absolute atomic E-state index is 0.0212. The molecule has 0 amide bonds. The first-order valence-electron chi connectivity index (χ1n) is 41.2. The first kappa shape index (κ1) is 98.5. The lowest BCUT2D eigenvalue weighted by Crippen LogP contribution is -2.30. The van der Waals surface area contributed by atoms with Gasteiger partial charge in [-0.05, 0) is 116 Å². The Labute approximate surface area is 622 Å². The summed E-state index contributed by atoms with van der Waals surface area (Å²) in [6, 6.07) is 0. The van der Waals surface area contributed by atoms with Crippen LogP contribution in [-0.2, 0) is 65.4 Å². The molecule has 0 saturated carbocycles. The fourth-order valence-electron chi connectivity index (χ4n) is 11.3. The van der Waals surface area contributed by atoms with E-state index in [4.69, 9.17) is 37.0 Å². The fraction of sp³-hybridized carbons (Fsp3) is 0.807. The van der Waals surface area contributed by atoms with E-state index in [-0.39, 0.29) is 25.7 Å². The molecule has 102 heavy (non-hydrogen) atoms. The predicted octanol–water partition coefficient (Wildman–Crippen LogP) is 24.0. The molecule has 0 fully saturated rings. The lowest BCUT2D eigenvalue weighted by molar-refractivity contribution is -0.161. The first-order chi connectivity index (χ1) is 49.7. The van der Waals surface area contributed by atoms with Crippen molar-refractivity contribution in [1.29, 1.82) is 0 Å². The third kappa shape index (κ3) is 74.8. The van der Waals surface area contributed by atoms with Crippen LogP contribution in [0.25, 0.3) is 0 Å². The lowest BCUT2D eigenvalue weighted by atomic mass is 10.0. The molecule has 5 atom stereocenters. The molecule has 0 radical (unpaired) electrons. The van der Waals surface area contributed by atoms with E-state index in [2.05, 4.69) is 88.5 Å². The SMILES string of the molecule is CCCCC/C=C\C/C=C\C/C=C\C/C=C\CCCC(=O)O[C@H](COC(=O)CCCCCCCCC/C=C\CCCCCC)COP(=O)(O)OC[C@H](O)COP(=O)(O)OC[C@@H](COC(=O)CCCCCCC/C=C\CCCCCCCC)OC(=O)CCCCCCCCCCCCCCCCC. The summed E-state index contributed by atoms with van der Waals surface area (Å²) in [6.07, 6.45) is 77.3. The molecule has 0 rings (SSSR count). The Morgan fingerprint density at radius 3 is 0.814 bits per heavy atom. The number of hydrogen-bond donors (Lipinski definition) is 3. The molecule has 0 heterocycles. The Morgan fingerprint density at radius 1 is 0.275 bits per heavy atom. The van der Waals surface area contributed by atoms with Crippen LogP contribution in [-0.4, -0.2) is 96.7 Å². The number of aliphatic hydroxyl groups is 1. The Morgan fingerprint density at radius 2 is 0.490 bits per heavy atom. The molecule has 19 heteroatoms. The maximum Gasteiger partial charge on any atom is 0.472 e. The average Bonchev–Trinajstić information content (AvgIpc) is 0.917. The zero-order valence-electron chi connectivity index (χ0n) is 65.0. The lowest BCUT2D eigenvalue weighted by Gasteiger charge is -2.21. The molecule has 0 aliphatic carbocycles. The van der Waals surface area contributed by atoms with Gasteiger partial charge in [0, 0.05) is 25.7 Å². The first-order valence-corrected chi connectivity index (χ1v) is 44.2. The average molecular weight is 1480 g/mol. The van der Waals surface area contributed by atoms with Crippen molar-refractivity contribution in [3.8, 4) is 0 Å². The van der Waals surface area contributed by atoms with Gasteiger partial charge in [-0.3, -0.25) is 37.3 Å². The number of phosphoric ester groups is 2. The van der Waals surface area contributed by atoms with Crippen LogP contribution in [0.3, 0.4) is 0 Å². The number of aliphatic hydroxyl groups excluding tert-OH is 1. The third-order valence-corrected chi connectivity index (χ3v) is 19.5. The fourth-order valence-corrected chi connectivity index (χ4v) is 12.9. The molecule has 0 aliphatic heterocycles. The Hall–Kier alpha value is -3.50. The quantitative estimate of drug-likeness (QED) is 0.0169. The van der Waals surface area contributed by atoms with Crippen LogP contribution in [0.4, 0.5) is 0 Å². The van der Waals surface area contributed by atoms with E-state index in [1.54, 1.807) is 0 Å². The van der Waals surface area contributed by atoms with Gasteiger partial charge in [0.15, 0.2) is 12.2 Å². The van der Waals surface area contributed by atoms with Crippen LogP contribution >= 0.6 is 15.6 Å². The highest BCUT2D eigenvalue weighted by atomic mass is 31.2. The zero-order valence-corrected chi connectivity index (χ0v) is 66.8. The van der Waals surface area contributed by atoms with E-state index < -0.39 is 97.5 Å². The largest absolute Gasteiger partial charge is 0.472 e. The molecule has 0 aromatic heterocycles. The van der Waals surface area contributed by atoms with Crippen molar-refractivity contribution in [1.82, 2.24) is 0 Å². The highest BCUT2D eigenvalue weighted by Gasteiger charge is 2.30. The minimum Gasteiger partial charge on any atom is -0.462 e. The Kier molecular flexibility index (Phi) is 73.1. The number of allylic oxidation sites excluding steroid dienone is 12. The summed E-state index contributed by atoms with van der Waals surface area (Å²) in [7, 11) is -9.96. The van der Waals surface area contributed by atoms with Crippen molar-refractivity contribution < 1.29 is 80.2 Å². The van der Waals surface area contributed by atoms with Gasteiger partial charge in [0.05, 0.1) is 26.4 Å². The van der Waals surface area contributed by atoms with E-state index >= 15 is 0 Å². The summed E-state index contributed by atoms with van der Waals surface area (Å²) in [5, 5.41) is 10.6. The van der Waals surface area contributed by atoms with Gasteiger partial charge >= 0.3 is 39.5 Å². The highest BCUT2D eigenvalue weighted by molar-refractivity contribution is 7.47. The van der Waals surface area contributed by atoms with E-state index in [1.165, 1.54) is 161 Å². The van der Waals surface area contributed by atoms with Gasteiger partial charge < -0.3 is 33.8 Å². The van der Waals surface area contributed by atoms with Crippen molar-refractivity contribution in [2.75, 3.05) is 39.6 Å². The second kappa shape index (κ2) is 75.7. The normalized spacial score (nSPS) is 14.2. The van der Waals surface area contributed by atoms with Crippen molar-refractivity contribution >= 4 is 39.5 Å². The summed E-state index contributed by atoms with van der Waals surface area (Å²) in [4.78, 5) is 73.0. The van der Waals surface area contributed by atoms with E-state index in [1.807, 2.05) is 12.2 Å².